The zero-order chi connectivity index (χ0) is 14.1. The molecule has 1 aromatic heterocycles. The van der Waals surface area contributed by atoms with Gasteiger partial charge in [0, 0.05) is 12.7 Å². The Kier molecular flexibility index (Phi) is 3.31. The number of anilines is 1. The Morgan fingerprint density at radius 3 is 3.05 bits per heavy atom. The first-order chi connectivity index (χ1) is 9.65. The average molecular weight is 275 g/mol. The molecule has 2 heterocycles. The van der Waals surface area contributed by atoms with Crippen LogP contribution >= 0.6 is 0 Å². The van der Waals surface area contributed by atoms with Crippen LogP contribution in [0.4, 0.5) is 5.69 Å². The molecule has 20 heavy (non-hydrogen) atoms. The number of amides is 1. The summed E-state index contributed by atoms with van der Waals surface area (Å²) in [6.45, 7) is 0.882. The molecule has 1 saturated heterocycles. The smallest absolute Gasteiger partial charge is 0.408 e. The van der Waals surface area contributed by atoms with Crippen LogP contribution in [0.5, 0.6) is 0 Å². The molecule has 3 rings (SSSR count). The van der Waals surface area contributed by atoms with Crippen molar-refractivity contribution in [1.29, 1.82) is 0 Å². The molecule has 1 fully saturated rings. The average Bonchev–Trinajstić information content (AvgIpc) is 2.75. The molecule has 6 nitrogen and oxygen atoms in total. The third-order valence-corrected chi connectivity index (χ3v) is 3.69. The topological polar surface area (TPSA) is 76.3 Å². The Hall–Kier alpha value is -2.08. The van der Waals surface area contributed by atoms with E-state index in [1.165, 1.54) is 4.57 Å². The molecule has 1 aliphatic heterocycles. The van der Waals surface area contributed by atoms with Crippen LogP contribution in [-0.4, -0.2) is 23.1 Å². The lowest BCUT2D eigenvalue weighted by molar-refractivity contribution is -0.118. The number of aryl methyl sites for hydroxylation is 1. The summed E-state index contributed by atoms with van der Waals surface area (Å²) in [7, 11) is 1.64. The van der Waals surface area contributed by atoms with Crippen LogP contribution in [0.2, 0.25) is 0 Å². The van der Waals surface area contributed by atoms with Gasteiger partial charge in [-0.2, -0.15) is 0 Å². The number of rotatable bonds is 2. The number of hydrogen-bond donors (Lipinski definition) is 2. The molecule has 6 heteroatoms. The standard InChI is InChI=1S/C14H17N3O3/c1-17-11-8-9(5-6-12(11)20-14(17)19)16-13(18)10-4-2-3-7-15-10/h5-6,8,10,15H,2-4,7H2,1H3,(H,16,18). The SMILES string of the molecule is Cn1c(=O)oc2ccc(NC(=O)C3CCCCN3)cc21. The first-order valence-corrected chi connectivity index (χ1v) is 6.79. The zero-order valence-corrected chi connectivity index (χ0v) is 11.3. The molecule has 1 aromatic carbocycles. The normalized spacial score (nSPS) is 19.1. The third kappa shape index (κ3) is 2.34. The van der Waals surface area contributed by atoms with Crippen molar-refractivity contribution in [2.24, 2.45) is 7.05 Å². The Labute approximate surface area is 115 Å². The van der Waals surface area contributed by atoms with E-state index in [9.17, 15) is 9.59 Å². The van der Waals surface area contributed by atoms with Crippen LogP contribution < -0.4 is 16.4 Å². The van der Waals surface area contributed by atoms with Crippen molar-refractivity contribution in [3.05, 3.63) is 28.7 Å². The summed E-state index contributed by atoms with van der Waals surface area (Å²) in [6.07, 6.45) is 3.05. The lowest BCUT2D eigenvalue weighted by Gasteiger charge is -2.22. The van der Waals surface area contributed by atoms with E-state index in [0.717, 1.165) is 25.8 Å². The highest BCUT2D eigenvalue weighted by molar-refractivity contribution is 5.96. The van der Waals surface area contributed by atoms with Crippen molar-refractivity contribution >= 4 is 22.7 Å². The van der Waals surface area contributed by atoms with Gasteiger partial charge in [-0.1, -0.05) is 6.42 Å². The second kappa shape index (κ2) is 5.13. The molecule has 0 radical (unpaired) electrons. The fourth-order valence-corrected chi connectivity index (χ4v) is 2.51. The molecule has 2 N–H and O–H groups in total. The second-order valence-corrected chi connectivity index (χ2v) is 5.10. The lowest BCUT2D eigenvalue weighted by Crippen LogP contribution is -2.43. The van der Waals surface area contributed by atoms with Gasteiger partial charge in [0.15, 0.2) is 5.58 Å². The van der Waals surface area contributed by atoms with Gasteiger partial charge in [0.1, 0.15) is 0 Å². The van der Waals surface area contributed by atoms with Crippen LogP contribution in [0.3, 0.4) is 0 Å². The fourth-order valence-electron chi connectivity index (χ4n) is 2.51. The van der Waals surface area contributed by atoms with E-state index in [1.807, 2.05) is 0 Å². The molecule has 2 aromatic rings. The van der Waals surface area contributed by atoms with Gasteiger partial charge < -0.3 is 15.1 Å². The van der Waals surface area contributed by atoms with Gasteiger partial charge in [-0.25, -0.2) is 4.79 Å². The molecule has 0 bridgehead atoms. The maximum atomic E-state index is 12.1. The van der Waals surface area contributed by atoms with Gasteiger partial charge in [0.05, 0.1) is 11.6 Å². The summed E-state index contributed by atoms with van der Waals surface area (Å²) in [5.41, 5.74) is 1.86. The molecule has 0 spiro atoms. The minimum absolute atomic E-state index is 0.0301. The van der Waals surface area contributed by atoms with E-state index in [0.29, 0.717) is 16.8 Å². The van der Waals surface area contributed by atoms with Gasteiger partial charge in [0.25, 0.3) is 0 Å². The maximum Gasteiger partial charge on any atom is 0.419 e. The zero-order valence-electron chi connectivity index (χ0n) is 11.3. The summed E-state index contributed by atoms with van der Waals surface area (Å²) >= 11 is 0. The molecular formula is C14H17N3O3. The molecule has 1 aliphatic rings. The first kappa shape index (κ1) is 12.9. The summed E-state index contributed by atoms with van der Waals surface area (Å²) in [5, 5.41) is 6.09. The first-order valence-electron chi connectivity index (χ1n) is 6.79. The van der Waals surface area contributed by atoms with Crippen molar-refractivity contribution in [3.8, 4) is 0 Å². The van der Waals surface area contributed by atoms with Crippen molar-refractivity contribution in [3.63, 3.8) is 0 Å². The number of carbonyl (C=O) groups is 1. The summed E-state index contributed by atoms with van der Waals surface area (Å²) < 4.78 is 6.48. The number of nitrogens with one attached hydrogen (secondary N) is 2. The number of benzene rings is 1. The van der Waals surface area contributed by atoms with E-state index >= 15 is 0 Å². The Morgan fingerprint density at radius 1 is 1.45 bits per heavy atom. The van der Waals surface area contributed by atoms with Crippen LogP contribution in [0.25, 0.3) is 11.1 Å². The van der Waals surface area contributed by atoms with Crippen LogP contribution in [0.15, 0.2) is 27.4 Å². The van der Waals surface area contributed by atoms with Gasteiger partial charge in [0.2, 0.25) is 5.91 Å². The predicted octanol–water partition coefficient (Wildman–Crippen LogP) is 1.21. The van der Waals surface area contributed by atoms with Gasteiger partial charge >= 0.3 is 5.76 Å². The largest absolute Gasteiger partial charge is 0.419 e. The van der Waals surface area contributed by atoms with Crippen molar-refractivity contribution in [2.75, 3.05) is 11.9 Å². The Balaban J connectivity index is 1.81. The van der Waals surface area contributed by atoms with Crippen molar-refractivity contribution in [1.82, 2.24) is 9.88 Å². The lowest BCUT2D eigenvalue weighted by atomic mass is 10.0. The minimum atomic E-state index is -0.405. The highest BCUT2D eigenvalue weighted by Gasteiger charge is 2.20. The van der Waals surface area contributed by atoms with E-state index in [1.54, 1.807) is 25.2 Å². The van der Waals surface area contributed by atoms with E-state index < -0.39 is 5.76 Å². The second-order valence-electron chi connectivity index (χ2n) is 5.10. The van der Waals surface area contributed by atoms with Crippen LogP contribution in [-0.2, 0) is 11.8 Å². The molecule has 106 valence electrons. The molecule has 1 atom stereocenters. The Bertz CT molecular complexity index is 695. The van der Waals surface area contributed by atoms with Crippen LogP contribution in [0.1, 0.15) is 19.3 Å². The number of carbonyl (C=O) groups excluding carboxylic acids is 1. The van der Waals surface area contributed by atoms with Crippen molar-refractivity contribution in [2.45, 2.75) is 25.3 Å². The summed E-state index contributed by atoms with van der Waals surface area (Å²) in [4.78, 5) is 23.5. The highest BCUT2D eigenvalue weighted by Crippen LogP contribution is 2.18. The van der Waals surface area contributed by atoms with Crippen LogP contribution in [0, 0.1) is 0 Å². The third-order valence-electron chi connectivity index (χ3n) is 3.69. The summed E-state index contributed by atoms with van der Waals surface area (Å²) in [6, 6.07) is 5.06. The predicted molar refractivity (Wildman–Crippen MR) is 75.7 cm³/mol. The number of piperidine rings is 1. The maximum absolute atomic E-state index is 12.1. The highest BCUT2D eigenvalue weighted by atomic mass is 16.4. The monoisotopic (exact) mass is 275 g/mol. The fraction of sp³-hybridized carbons (Fsp3) is 0.429. The van der Waals surface area contributed by atoms with E-state index in [4.69, 9.17) is 4.42 Å². The van der Waals surface area contributed by atoms with E-state index in [2.05, 4.69) is 10.6 Å². The van der Waals surface area contributed by atoms with Crippen molar-refractivity contribution < 1.29 is 9.21 Å². The molecule has 0 aliphatic carbocycles. The molecular weight excluding hydrogens is 258 g/mol. The minimum Gasteiger partial charge on any atom is -0.408 e. The molecule has 1 amide bonds. The van der Waals surface area contributed by atoms with E-state index in [-0.39, 0.29) is 11.9 Å². The Morgan fingerprint density at radius 2 is 2.30 bits per heavy atom. The quantitative estimate of drug-likeness (QED) is 0.863. The number of oxazole rings is 1. The van der Waals surface area contributed by atoms with Gasteiger partial charge in [-0.15, -0.1) is 0 Å². The number of aromatic nitrogens is 1. The number of fused-ring (bicyclic) bond motifs is 1. The van der Waals surface area contributed by atoms with Gasteiger partial charge in [-0.3, -0.25) is 9.36 Å². The number of nitrogens with zero attached hydrogens (tertiary/aromatic N) is 1. The van der Waals surface area contributed by atoms with Gasteiger partial charge in [-0.05, 0) is 37.6 Å². The number of hydrogen-bond acceptors (Lipinski definition) is 4. The molecule has 0 saturated carbocycles. The summed E-state index contributed by atoms with van der Waals surface area (Å²) in [5.74, 6) is -0.435. The molecule has 1 unspecified atom stereocenters.